The van der Waals surface area contributed by atoms with E-state index in [4.69, 9.17) is 0 Å². The van der Waals surface area contributed by atoms with E-state index < -0.39 is 28.5 Å². The van der Waals surface area contributed by atoms with Gasteiger partial charge in [-0.1, -0.05) is 64.8 Å². The molecule has 1 N–H and O–H groups in total. The maximum absolute atomic E-state index is 13.9. The number of benzene rings is 3. The number of sulfonamides is 1. The fourth-order valence-electron chi connectivity index (χ4n) is 4.03. The number of nitrogens with zero attached hydrogens (tertiary/aromatic N) is 2. The highest BCUT2D eigenvalue weighted by atomic mass is 79.9. The Hall–Kier alpha value is -3.17. The van der Waals surface area contributed by atoms with E-state index in [1.165, 1.54) is 24.1 Å². The molecule has 196 valence electrons. The number of likely N-dealkylation sites (N-methyl/N-ethyl adjacent to an activating group) is 1. The minimum absolute atomic E-state index is 0.0811. The summed E-state index contributed by atoms with van der Waals surface area (Å²) in [6.45, 7) is 5.36. The average Bonchev–Trinajstić information content (AvgIpc) is 2.88. The molecule has 3 aromatic rings. The molecule has 1 atom stereocenters. The van der Waals surface area contributed by atoms with Crippen molar-refractivity contribution in [3.05, 3.63) is 94.0 Å². The molecule has 0 aliphatic carbocycles. The third-order valence-electron chi connectivity index (χ3n) is 6.24. The van der Waals surface area contributed by atoms with Gasteiger partial charge in [0, 0.05) is 18.1 Å². The van der Waals surface area contributed by atoms with Crippen LogP contribution in [-0.4, -0.2) is 44.8 Å². The van der Waals surface area contributed by atoms with Crippen LogP contribution in [-0.2, 0) is 26.2 Å². The molecule has 9 heteroatoms. The monoisotopic (exact) mass is 585 g/mol. The van der Waals surface area contributed by atoms with Crippen LogP contribution in [0.3, 0.4) is 0 Å². The predicted octanol–water partition coefficient (Wildman–Crippen LogP) is 4.81. The molecule has 0 aliphatic heterocycles. The number of nitrogens with one attached hydrogen (secondary N) is 1. The SMILES string of the molecule is CCC(C(=O)NC)N(Cc1ccccc1C)C(=O)CN(c1ccc(Br)cc1)S(=O)(=O)c1ccc(C)cc1. The van der Waals surface area contributed by atoms with Crippen LogP contribution < -0.4 is 9.62 Å². The van der Waals surface area contributed by atoms with Crippen molar-refractivity contribution in [3.63, 3.8) is 0 Å². The Morgan fingerprint density at radius 2 is 1.57 bits per heavy atom. The minimum Gasteiger partial charge on any atom is -0.357 e. The van der Waals surface area contributed by atoms with Crippen LogP contribution in [0.5, 0.6) is 0 Å². The summed E-state index contributed by atoms with van der Waals surface area (Å²) in [4.78, 5) is 28.2. The quantitative estimate of drug-likeness (QED) is 0.370. The molecule has 2 amide bonds. The lowest BCUT2D eigenvalue weighted by Gasteiger charge is -2.33. The van der Waals surface area contributed by atoms with Gasteiger partial charge in [-0.3, -0.25) is 13.9 Å². The van der Waals surface area contributed by atoms with Gasteiger partial charge in [0.05, 0.1) is 10.6 Å². The molecule has 3 aromatic carbocycles. The van der Waals surface area contributed by atoms with Crippen LogP contribution in [0.25, 0.3) is 0 Å². The van der Waals surface area contributed by atoms with E-state index in [0.29, 0.717) is 12.1 Å². The zero-order chi connectivity index (χ0) is 27.2. The van der Waals surface area contributed by atoms with Crippen molar-refractivity contribution in [1.29, 1.82) is 0 Å². The number of halogens is 1. The Morgan fingerprint density at radius 1 is 0.946 bits per heavy atom. The molecular weight excluding hydrogens is 554 g/mol. The van der Waals surface area contributed by atoms with E-state index in [2.05, 4.69) is 21.2 Å². The molecule has 0 bridgehead atoms. The van der Waals surface area contributed by atoms with Crippen molar-refractivity contribution < 1.29 is 18.0 Å². The van der Waals surface area contributed by atoms with Gasteiger partial charge in [0.1, 0.15) is 12.6 Å². The normalized spacial score (nSPS) is 12.0. The Labute approximate surface area is 227 Å². The molecular formula is C28H32BrN3O4S. The van der Waals surface area contributed by atoms with Gasteiger partial charge in [-0.05, 0) is 67.8 Å². The topological polar surface area (TPSA) is 86.8 Å². The molecule has 0 saturated heterocycles. The van der Waals surface area contributed by atoms with Crippen LogP contribution in [0.1, 0.15) is 30.0 Å². The second kappa shape index (κ2) is 12.4. The van der Waals surface area contributed by atoms with Gasteiger partial charge >= 0.3 is 0 Å². The number of rotatable bonds is 10. The first kappa shape index (κ1) is 28.4. The molecule has 0 aromatic heterocycles. The highest BCUT2D eigenvalue weighted by molar-refractivity contribution is 9.10. The molecule has 7 nitrogen and oxygen atoms in total. The minimum atomic E-state index is -4.08. The number of hydrogen-bond donors (Lipinski definition) is 1. The van der Waals surface area contributed by atoms with E-state index in [-0.39, 0.29) is 17.3 Å². The molecule has 3 rings (SSSR count). The maximum Gasteiger partial charge on any atom is 0.264 e. The summed E-state index contributed by atoms with van der Waals surface area (Å²) in [5.41, 5.74) is 3.13. The second-order valence-corrected chi connectivity index (χ2v) is 11.6. The lowest BCUT2D eigenvalue weighted by molar-refractivity contribution is -0.140. The van der Waals surface area contributed by atoms with Crippen LogP contribution >= 0.6 is 15.9 Å². The number of aryl methyl sites for hydroxylation is 2. The lowest BCUT2D eigenvalue weighted by Crippen LogP contribution is -2.51. The molecule has 0 radical (unpaired) electrons. The Morgan fingerprint density at radius 3 is 2.14 bits per heavy atom. The van der Waals surface area contributed by atoms with E-state index >= 15 is 0 Å². The standard InChI is InChI=1S/C28H32BrN3O4S/c1-5-26(28(34)30-4)31(18-22-9-7-6-8-21(22)3)27(33)19-32(24-14-12-23(29)13-15-24)37(35,36)25-16-10-20(2)11-17-25/h6-17,26H,5,18-19H2,1-4H3,(H,30,34). The summed E-state index contributed by atoms with van der Waals surface area (Å²) >= 11 is 3.38. The molecule has 0 spiro atoms. The Kier molecular flexibility index (Phi) is 9.50. The zero-order valence-corrected chi connectivity index (χ0v) is 23.8. The van der Waals surface area contributed by atoms with E-state index in [1.54, 1.807) is 36.4 Å². The Bertz CT molecular complexity index is 1340. The van der Waals surface area contributed by atoms with E-state index in [9.17, 15) is 18.0 Å². The van der Waals surface area contributed by atoms with Crippen molar-refractivity contribution in [2.75, 3.05) is 17.9 Å². The van der Waals surface area contributed by atoms with Gasteiger partial charge in [-0.15, -0.1) is 0 Å². The number of amides is 2. The molecule has 1 unspecified atom stereocenters. The number of hydrogen-bond acceptors (Lipinski definition) is 4. The lowest BCUT2D eigenvalue weighted by atomic mass is 10.1. The molecule has 0 aliphatic rings. The first-order valence-electron chi connectivity index (χ1n) is 12.0. The summed E-state index contributed by atoms with van der Waals surface area (Å²) in [7, 11) is -2.56. The van der Waals surface area contributed by atoms with Crippen LogP contribution in [0, 0.1) is 13.8 Å². The van der Waals surface area contributed by atoms with Crippen LogP contribution in [0.2, 0.25) is 0 Å². The first-order chi connectivity index (χ1) is 17.6. The van der Waals surface area contributed by atoms with Gasteiger partial charge in [0.25, 0.3) is 10.0 Å². The van der Waals surface area contributed by atoms with Crippen molar-refractivity contribution in [2.24, 2.45) is 0 Å². The van der Waals surface area contributed by atoms with Crippen molar-refractivity contribution in [3.8, 4) is 0 Å². The van der Waals surface area contributed by atoms with Crippen LogP contribution in [0.4, 0.5) is 5.69 Å². The summed E-state index contributed by atoms with van der Waals surface area (Å²) in [5.74, 6) is -0.779. The third kappa shape index (κ3) is 6.78. The maximum atomic E-state index is 13.9. The zero-order valence-electron chi connectivity index (χ0n) is 21.4. The van der Waals surface area contributed by atoms with Gasteiger partial charge < -0.3 is 10.2 Å². The molecule has 37 heavy (non-hydrogen) atoms. The largest absolute Gasteiger partial charge is 0.357 e. The van der Waals surface area contributed by atoms with Gasteiger partial charge in [0.2, 0.25) is 11.8 Å². The summed E-state index contributed by atoms with van der Waals surface area (Å²) in [6, 6.07) is 20.1. The van der Waals surface area contributed by atoms with E-state index in [1.807, 2.05) is 45.0 Å². The molecule has 0 saturated carbocycles. The third-order valence-corrected chi connectivity index (χ3v) is 8.55. The van der Waals surface area contributed by atoms with Crippen LogP contribution in [0.15, 0.2) is 82.2 Å². The summed E-state index contributed by atoms with van der Waals surface area (Å²) < 4.78 is 29.5. The fourth-order valence-corrected chi connectivity index (χ4v) is 5.71. The summed E-state index contributed by atoms with van der Waals surface area (Å²) in [5, 5.41) is 2.63. The van der Waals surface area contributed by atoms with Gasteiger partial charge in [0.15, 0.2) is 0 Å². The highest BCUT2D eigenvalue weighted by Gasteiger charge is 2.33. The first-order valence-corrected chi connectivity index (χ1v) is 14.2. The number of anilines is 1. The second-order valence-electron chi connectivity index (χ2n) is 8.79. The fraction of sp³-hybridized carbons (Fsp3) is 0.286. The molecule has 0 heterocycles. The average molecular weight is 587 g/mol. The number of carbonyl (C=O) groups excluding carboxylic acids is 2. The van der Waals surface area contributed by atoms with Gasteiger partial charge in [-0.2, -0.15) is 0 Å². The van der Waals surface area contributed by atoms with Crippen molar-refractivity contribution in [1.82, 2.24) is 10.2 Å². The van der Waals surface area contributed by atoms with Crippen molar-refractivity contribution in [2.45, 2.75) is 44.7 Å². The highest BCUT2D eigenvalue weighted by Crippen LogP contribution is 2.26. The van der Waals surface area contributed by atoms with Crippen molar-refractivity contribution >= 4 is 43.5 Å². The smallest absolute Gasteiger partial charge is 0.264 e. The number of carbonyl (C=O) groups is 2. The molecule has 0 fully saturated rings. The predicted molar refractivity (Wildman–Crippen MR) is 150 cm³/mol. The summed E-state index contributed by atoms with van der Waals surface area (Å²) in [6.07, 6.45) is 0.375. The van der Waals surface area contributed by atoms with Gasteiger partial charge in [-0.25, -0.2) is 8.42 Å². The Balaban J connectivity index is 2.06. The van der Waals surface area contributed by atoms with E-state index in [0.717, 1.165) is 25.5 Å².